The van der Waals surface area contributed by atoms with Crippen LogP contribution in [0.25, 0.3) is 0 Å². The van der Waals surface area contributed by atoms with Crippen LogP contribution in [0.3, 0.4) is 0 Å². The molecule has 0 spiro atoms. The Bertz CT molecular complexity index is 986. The molecule has 0 radical (unpaired) electrons. The van der Waals surface area contributed by atoms with Crippen LogP contribution in [-0.4, -0.2) is 47.9 Å². The lowest BCUT2D eigenvalue weighted by atomic mass is 9.93. The molecule has 5 rings (SSSR count). The van der Waals surface area contributed by atoms with Crippen molar-refractivity contribution in [2.24, 2.45) is 0 Å². The van der Waals surface area contributed by atoms with E-state index in [1.807, 2.05) is 6.07 Å². The highest BCUT2D eigenvalue weighted by Gasteiger charge is 2.26. The van der Waals surface area contributed by atoms with E-state index >= 15 is 0 Å². The molecule has 0 aromatic heterocycles. The first kappa shape index (κ1) is 22.9. The molecule has 2 aromatic carbocycles. The van der Waals surface area contributed by atoms with Gasteiger partial charge in [-0.15, -0.1) is 0 Å². The molecule has 3 aliphatic rings. The molecule has 0 amide bonds. The maximum absolute atomic E-state index is 9.31. The number of hydrogen-bond donors (Lipinski definition) is 1. The predicted octanol–water partition coefficient (Wildman–Crippen LogP) is 5.42. The largest absolute Gasteiger partial charge is 0.454 e. The van der Waals surface area contributed by atoms with Crippen molar-refractivity contribution in [2.45, 2.75) is 51.2 Å². The fourth-order valence-corrected chi connectivity index (χ4v) is 5.60. The standard InChI is InChI=1S/C27H33BrN2O3/c28-24-16-27-26(32-19-33-27)15-23(24)18-30-12-9-20(4-3-13-31)14-25(30)22-7-5-21(6-8-22)17-29-10-1-2-11-29/h5-8,14-16,25,31H,1-4,9-13,17-19H2. The fourth-order valence-electron chi connectivity index (χ4n) is 5.16. The summed E-state index contributed by atoms with van der Waals surface area (Å²) in [5, 5.41) is 9.31. The minimum absolute atomic E-state index is 0.227. The van der Waals surface area contributed by atoms with Crippen molar-refractivity contribution < 1.29 is 14.6 Å². The van der Waals surface area contributed by atoms with Crippen LogP contribution in [-0.2, 0) is 13.1 Å². The third-order valence-corrected chi connectivity index (χ3v) is 7.74. The van der Waals surface area contributed by atoms with Crippen LogP contribution < -0.4 is 9.47 Å². The zero-order valence-corrected chi connectivity index (χ0v) is 20.7. The monoisotopic (exact) mass is 512 g/mol. The minimum atomic E-state index is 0.227. The van der Waals surface area contributed by atoms with Crippen molar-refractivity contribution >= 4 is 15.9 Å². The Labute approximate surface area is 205 Å². The Morgan fingerprint density at radius 2 is 1.73 bits per heavy atom. The minimum Gasteiger partial charge on any atom is -0.454 e. The first-order chi connectivity index (χ1) is 16.2. The normalized spacial score (nSPS) is 20.9. The SMILES string of the molecule is OCCCC1=CC(c2ccc(CN3CCCC3)cc2)N(Cc2cc3c(cc2Br)OCO3)CC1. The Morgan fingerprint density at radius 3 is 2.48 bits per heavy atom. The van der Waals surface area contributed by atoms with Crippen molar-refractivity contribution in [3.8, 4) is 11.5 Å². The second-order valence-corrected chi connectivity index (χ2v) is 10.2. The van der Waals surface area contributed by atoms with E-state index in [0.717, 1.165) is 54.9 Å². The van der Waals surface area contributed by atoms with Crippen LogP contribution in [0.4, 0.5) is 0 Å². The summed E-state index contributed by atoms with van der Waals surface area (Å²) in [6.07, 6.45) is 7.93. The van der Waals surface area contributed by atoms with Gasteiger partial charge in [-0.3, -0.25) is 9.80 Å². The van der Waals surface area contributed by atoms with E-state index < -0.39 is 0 Å². The molecule has 1 unspecified atom stereocenters. The van der Waals surface area contributed by atoms with E-state index in [1.54, 1.807) is 0 Å². The third kappa shape index (κ3) is 5.46. The van der Waals surface area contributed by atoms with Gasteiger partial charge in [0.25, 0.3) is 0 Å². The number of halogens is 1. The van der Waals surface area contributed by atoms with Crippen molar-refractivity contribution in [2.75, 3.05) is 33.0 Å². The molecule has 3 heterocycles. The van der Waals surface area contributed by atoms with Crippen molar-refractivity contribution in [1.29, 1.82) is 0 Å². The van der Waals surface area contributed by atoms with Crippen LogP contribution in [0, 0.1) is 0 Å². The van der Waals surface area contributed by atoms with Gasteiger partial charge in [-0.05, 0) is 74.0 Å². The topological polar surface area (TPSA) is 45.2 Å². The second-order valence-electron chi connectivity index (χ2n) is 9.34. The zero-order valence-electron chi connectivity index (χ0n) is 19.1. The molecule has 5 nitrogen and oxygen atoms in total. The highest BCUT2D eigenvalue weighted by atomic mass is 79.9. The molecular weight excluding hydrogens is 480 g/mol. The number of aliphatic hydroxyl groups excluding tert-OH is 1. The van der Waals surface area contributed by atoms with Gasteiger partial charge in [0.1, 0.15) is 0 Å². The molecule has 2 aromatic rings. The van der Waals surface area contributed by atoms with Crippen molar-refractivity contribution in [1.82, 2.24) is 9.80 Å². The van der Waals surface area contributed by atoms with E-state index in [9.17, 15) is 5.11 Å². The van der Waals surface area contributed by atoms with Gasteiger partial charge in [0.15, 0.2) is 11.5 Å². The molecular formula is C27H33BrN2O3. The number of aliphatic hydroxyl groups is 1. The molecule has 1 saturated heterocycles. The number of rotatable bonds is 8. The summed E-state index contributed by atoms with van der Waals surface area (Å²) in [7, 11) is 0. The van der Waals surface area contributed by atoms with Gasteiger partial charge in [-0.2, -0.15) is 0 Å². The molecule has 1 atom stereocenters. The van der Waals surface area contributed by atoms with Gasteiger partial charge in [-0.25, -0.2) is 0 Å². The van der Waals surface area contributed by atoms with Gasteiger partial charge >= 0.3 is 0 Å². The average molecular weight is 513 g/mol. The second kappa shape index (κ2) is 10.6. The molecule has 176 valence electrons. The summed E-state index contributed by atoms with van der Waals surface area (Å²) in [4.78, 5) is 5.09. The van der Waals surface area contributed by atoms with Crippen molar-refractivity contribution in [3.05, 3.63) is 69.2 Å². The highest BCUT2D eigenvalue weighted by Crippen LogP contribution is 2.39. The summed E-state index contributed by atoms with van der Waals surface area (Å²) < 4.78 is 12.2. The molecule has 1 N–H and O–H groups in total. The maximum Gasteiger partial charge on any atom is 0.231 e. The molecule has 3 aliphatic heterocycles. The smallest absolute Gasteiger partial charge is 0.231 e. The van der Waals surface area contributed by atoms with Gasteiger partial charge in [-0.1, -0.05) is 51.8 Å². The van der Waals surface area contributed by atoms with Gasteiger partial charge < -0.3 is 14.6 Å². The van der Waals surface area contributed by atoms with E-state index in [-0.39, 0.29) is 19.4 Å². The number of ether oxygens (including phenoxy) is 2. The molecule has 1 fully saturated rings. The van der Waals surface area contributed by atoms with Crippen LogP contribution >= 0.6 is 15.9 Å². The Morgan fingerprint density at radius 1 is 0.970 bits per heavy atom. The first-order valence-corrected chi connectivity index (χ1v) is 12.9. The number of benzene rings is 2. The Hall–Kier alpha value is -1.86. The van der Waals surface area contributed by atoms with Crippen LogP contribution in [0.5, 0.6) is 11.5 Å². The van der Waals surface area contributed by atoms with E-state index in [0.29, 0.717) is 0 Å². The first-order valence-electron chi connectivity index (χ1n) is 12.1. The predicted molar refractivity (Wildman–Crippen MR) is 133 cm³/mol. The zero-order chi connectivity index (χ0) is 22.6. The van der Waals surface area contributed by atoms with Crippen LogP contribution in [0.15, 0.2) is 52.5 Å². The lowest BCUT2D eigenvalue weighted by Gasteiger charge is -2.35. The molecule has 6 heteroatoms. The van der Waals surface area contributed by atoms with Crippen molar-refractivity contribution in [3.63, 3.8) is 0 Å². The van der Waals surface area contributed by atoms with E-state index in [1.165, 1.54) is 48.2 Å². The summed E-state index contributed by atoms with van der Waals surface area (Å²) in [6.45, 7) is 5.87. The molecule has 0 aliphatic carbocycles. The van der Waals surface area contributed by atoms with Crippen LogP contribution in [0.1, 0.15) is 54.8 Å². The molecule has 0 bridgehead atoms. The quantitative estimate of drug-likeness (QED) is 0.478. The third-order valence-electron chi connectivity index (χ3n) is 7.00. The summed E-state index contributed by atoms with van der Waals surface area (Å²) in [5.41, 5.74) is 5.39. The number of nitrogens with zero attached hydrogens (tertiary/aromatic N) is 2. The van der Waals surface area contributed by atoms with Gasteiger partial charge in [0.05, 0.1) is 6.04 Å². The number of hydrogen-bond acceptors (Lipinski definition) is 5. The average Bonchev–Trinajstić information content (AvgIpc) is 3.51. The summed E-state index contributed by atoms with van der Waals surface area (Å²) in [6, 6.07) is 13.6. The van der Waals surface area contributed by atoms with Crippen LogP contribution in [0.2, 0.25) is 0 Å². The maximum atomic E-state index is 9.31. The summed E-state index contributed by atoms with van der Waals surface area (Å²) in [5.74, 6) is 1.63. The Kier molecular flexibility index (Phi) is 7.36. The fraction of sp³-hybridized carbons (Fsp3) is 0.481. The van der Waals surface area contributed by atoms with Gasteiger partial charge in [0, 0.05) is 30.7 Å². The number of fused-ring (bicyclic) bond motifs is 1. The van der Waals surface area contributed by atoms with E-state index in [4.69, 9.17) is 9.47 Å². The molecule has 33 heavy (non-hydrogen) atoms. The lowest BCUT2D eigenvalue weighted by molar-refractivity contribution is 0.173. The summed E-state index contributed by atoms with van der Waals surface area (Å²) >= 11 is 3.74. The molecule has 0 saturated carbocycles. The number of likely N-dealkylation sites (tertiary alicyclic amines) is 1. The van der Waals surface area contributed by atoms with Gasteiger partial charge in [0.2, 0.25) is 6.79 Å². The van der Waals surface area contributed by atoms with E-state index in [2.05, 4.69) is 62.1 Å². The lowest BCUT2D eigenvalue weighted by Crippen LogP contribution is -2.32. The highest BCUT2D eigenvalue weighted by molar-refractivity contribution is 9.10. The Balaban J connectivity index is 1.37.